The Labute approximate surface area is 119 Å². The molecule has 1 amide bonds. The summed E-state index contributed by atoms with van der Waals surface area (Å²) in [4.78, 5) is 16.4. The number of methoxy groups -OCH3 is 1. The van der Waals surface area contributed by atoms with E-state index < -0.39 is 6.04 Å². The highest BCUT2D eigenvalue weighted by atomic mass is 79.9. The summed E-state index contributed by atoms with van der Waals surface area (Å²) in [6.45, 7) is 0. The fourth-order valence-electron chi connectivity index (χ4n) is 2.03. The molecule has 1 aromatic rings. The van der Waals surface area contributed by atoms with Gasteiger partial charge in [0.2, 0.25) is 0 Å². The Morgan fingerprint density at radius 1 is 1.47 bits per heavy atom. The Morgan fingerprint density at radius 2 is 2.26 bits per heavy atom. The van der Waals surface area contributed by atoms with Crippen molar-refractivity contribution in [3.05, 3.63) is 28.2 Å². The molecule has 5 nitrogen and oxygen atoms in total. The molecule has 100 valence electrons. The second-order valence-electron chi connectivity index (χ2n) is 4.67. The Bertz CT molecular complexity index is 555. The van der Waals surface area contributed by atoms with Crippen LogP contribution in [0.15, 0.2) is 27.7 Å². The predicted octanol–water partition coefficient (Wildman–Crippen LogP) is 1.74. The summed E-state index contributed by atoms with van der Waals surface area (Å²) in [6, 6.07) is 5.49. The number of carbonyl (C=O) groups is 1. The van der Waals surface area contributed by atoms with Crippen molar-refractivity contribution in [3.8, 4) is 5.75 Å². The van der Waals surface area contributed by atoms with Gasteiger partial charge < -0.3 is 10.1 Å². The van der Waals surface area contributed by atoms with Gasteiger partial charge in [-0.25, -0.2) is 4.99 Å². The highest BCUT2D eigenvalue weighted by Crippen LogP contribution is 2.32. The van der Waals surface area contributed by atoms with Gasteiger partial charge >= 0.3 is 0 Å². The van der Waals surface area contributed by atoms with E-state index in [9.17, 15) is 4.79 Å². The van der Waals surface area contributed by atoms with Crippen LogP contribution in [0.4, 0.5) is 0 Å². The van der Waals surface area contributed by atoms with E-state index in [1.165, 1.54) is 0 Å². The van der Waals surface area contributed by atoms with Gasteiger partial charge in [-0.05, 0) is 31.0 Å². The summed E-state index contributed by atoms with van der Waals surface area (Å²) >= 11 is 3.41. The number of amides is 1. The van der Waals surface area contributed by atoms with Crippen molar-refractivity contribution in [2.75, 3.05) is 7.11 Å². The van der Waals surface area contributed by atoms with Gasteiger partial charge in [0.25, 0.3) is 5.91 Å². The maximum absolute atomic E-state index is 12.0. The largest absolute Gasteiger partial charge is 0.496 e. The SMILES string of the molecule is COc1ccc(Br)cc1C1N=C(NC2CC2)NC1=O. The molecular formula is C13H14BrN3O2. The molecule has 1 heterocycles. The number of nitrogens with one attached hydrogen (secondary N) is 2. The molecule has 0 saturated heterocycles. The van der Waals surface area contributed by atoms with Crippen molar-refractivity contribution in [2.45, 2.75) is 24.9 Å². The highest BCUT2D eigenvalue weighted by Gasteiger charge is 2.32. The number of benzene rings is 1. The van der Waals surface area contributed by atoms with Crippen molar-refractivity contribution in [1.29, 1.82) is 0 Å². The molecule has 0 bridgehead atoms. The van der Waals surface area contributed by atoms with Crippen LogP contribution < -0.4 is 15.4 Å². The molecule has 6 heteroatoms. The summed E-state index contributed by atoms with van der Waals surface area (Å²) in [7, 11) is 1.59. The molecule has 1 aliphatic carbocycles. The van der Waals surface area contributed by atoms with E-state index in [0.717, 1.165) is 22.9 Å². The molecule has 1 aromatic carbocycles. The number of nitrogens with zero attached hydrogens (tertiary/aromatic N) is 1. The minimum absolute atomic E-state index is 0.125. The molecule has 0 radical (unpaired) electrons. The molecule has 3 rings (SSSR count). The van der Waals surface area contributed by atoms with Crippen LogP contribution in [0.1, 0.15) is 24.4 Å². The lowest BCUT2D eigenvalue weighted by Gasteiger charge is -2.11. The van der Waals surface area contributed by atoms with Crippen molar-refractivity contribution >= 4 is 27.8 Å². The van der Waals surface area contributed by atoms with E-state index in [-0.39, 0.29) is 5.91 Å². The molecule has 1 fully saturated rings. The van der Waals surface area contributed by atoms with Crippen LogP contribution in [0.3, 0.4) is 0 Å². The Kier molecular flexibility index (Phi) is 3.18. The Balaban J connectivity index is 1.89. The van der Waals surface area contributed by atoms with Crippen molar-refractivity contribution < 1.29 is 9.53 Å². The summed E-state index contributed by atoms with van der Waals surface area (Å²) in [6.07, 6.45) is 2.28. The quantitative estimate of drug-likeness (QED) is 0.890. The zero-order chi connectivity index (χ0) is 13.4. The van der Waals surface area contributed by atoms with Gasteiger partial charge in [0.05, 0.1) is 7.11 Å². The molecule has 0 spiro atoms. The first-order chi connectivity index (χ1) is 9.17. The normalized spacial score (nSPS) is 21.9. The number of hydrogen-bond acceptors (Lipinski definition) is 4. The van der Waals surface area contributed by atoms with Crippen LogP contribution in [0.2, 0.25) is 0 Å². The maximum atomic E-state index is 12.0. The molecule has 2 aliphatic rings. The van der Waals surface area contributed by atoms with E-state index >= 15 is 0 Å². The molecule has 2 N–H and O–H groups in total. The predicted molar refractivity (Wildman–Crippen MR) is 75.2 cm³/mol. The first kappa shape index (κ1) is 12.5. The summed E-state index contributed by atoms with van der Waals surface area (Å²) in [5.74, 6) is 1.11. The first-order valence-electron chi connectivity index (χ1n) is 6.16. The molecule has 19 heavy (non-hydrogen) atoms. The monoisotopic (exact) mass is 323 g/mol. The molecule has 1 aliphatic heterocycles. The second kappa shape index (κ2) is 4.85. The Morgan fingerprint density at radius 3 is 2.95 bits per heavy atom. The minimum atomic E-state index is -0.548. The lowest BCUT2D eigenvalue weighted by atomic mass is 10.1. The smallest absolute Gasteiger partial charge is 0.256 e. The molecule has 1 saturated carbocycles. The number of carbonyl (C=O) groups excluding carboxylic acids is 1. The van der Waals surface area contributed by atoms with Gasteiger partial charge in [-0.3, -0.25) is 10.1 Å². The van der Waals surface area contributed by atoms with Crippen LogP contribution in [0, 0.1) is 0 Å². The van der Waals surface area contributed by atoms with E-state index in [1.807, 2.05) is 18.2 Å². The average Bonchev–Trinajstić information content (AvgIpc) is 3.12. The fourth-order valence-corrected chi connectivity index (χ4v) is 2.41. The zero-order valence-electron chi connectivity index (χ0n) is 10.4. The van der Waals surface area contributed by atoms with Gasteiger partial charge in [0.1, 0.15) is 5.75 Å². The van der Waals surface area contributed by atoms with Crippen LogP contribution in [-0.4, -0.2) is 25.0 Å². The van der Waals surface area contributed by atoms with Gasteiger partial charge in [0.15, 0.2) is 12.0 Å². The second-order valence-corrected chi connectivity index (χ2v) is 5.59. The fraction of sp³-hybridized carbons (Fsp3) is 0.385. The number of hydrogen-bond donors (Lipinski definition) is 2. The van der Waals surface area contributed by atoms with Crippen LogP contribution in [0.25, 0.3) is 0 Å². The molecule has 1 unspecified atom stereocenters. The standard InChI is InChI=1S/C13H14BrN3O2/c1-19-10-5-2-7(14)6-9(10)11-12(18)17-13(16-11)15-8-3-4-8/h2,5-6,8,11H,3-4H2,1H3,(H2,15,16,17,18). The lowest BCUT2D eigenvalue weighted by Crippen LogP contribution is -2.37. The van der Waals surface area contributed by atoms with E-state index in [0.29, 0.717) is 17.8 Å². The zero-order valence-corrected chi connectivity index (χ0v) is 12.0. The topological polar surface area (TPSA) is 62.7 Å². The minimum Gasteiger partial charge on any atom is -0.496 e. The molecular weight excluding hydrogens is 310 g/mol. The molecule has 1 atom stereocenters. The Hall–Kier alpha value is -1.56. The van der Waals surface area contributed by atoms with Crippen molar-refractivity contribution in [3.63, 3.8) is 0 Å². The van der Waals surface area contributed by atoms with Crippen LogP contribution in [0.5, 0.6) is 5.75 Å². The van der Waals surface area contributed by atoms with E-state index in [1.54, 1.807) is 7.11 Å². The number of rotatable bonds is 3. The lowest BCUT2D eigenvalue weighted by molar-refractivity contribution is -0.120. The van der Waals surface area contributed by atoms with E-state index in [4.69, 9.17) is 4.74 Å². The molecule has 0 aromatic heterocycles. The van der Waals surface area contributed by atoms with E-state index in [2.05, 4.69) is 31.6 Å². The number of halogens is 1. The van der Waals surface area contributed by atoms with Gasteiger partial charge in [-0.2, -0.15) is 0 Å². The van der Waals surface area contributed by atoms with Crippen molar-refractivity contribution in [1.82, 2.24) is 10.6 Å². The summed E-state index contributed by atoms with van der Waals surface area (Å²) < 4.78 is 6.20. The van der Waals surface area contributed by atoms with Gasteiger partial charge in [-0.1, -0.05) is 15.9 Å². The van der Waals surface area contributed by atoms with Crippen molar-refractivity contribution in [2.24, 2.45) is 4.99 Å². The first-order valence-corrected chi connectivity index (χ1v) is 6.95. The number of aliphatic imine (C=N–C) groups is 1. The highest BCUT2D eigenvalue weighted by molar-refractivity contribution is 9.10. The summed E-state index contributed by atoms with van der Waals surface area (Å²) in [5, 5.41) is 5.97. The maximum Gasteiger partial charge on any atom is 0.256 e. The van der Waals surface area contributed by atoms with Crippen LogP contribution in [-0.2, 0) is 4.79 Å². The average molecular weight is 324 g/mol. The number of ether oxygens (including phenoxy) is 1. The summed E-state index contributed by atoms with van der Waals surface area (Å²) in [5.41, 5.74) is 0.766. The van der Waals surface area contributed by atoms with Crippen LogP contribution >= 0.6 is 15.9 Å². The third-order valence-corrected chi connectivity index (χ3v) is 3.65. The van der Waals surface area contributed by atoms with Gasteiger partial charge in [0, 0.05) is 16.1 Å². The number of guanidine groups is 1. The van der Waals surface area contributed by atoms with Gasteiger partial charge in [-0.15, -0.1) is 0 Å². The third-order valence-electron chi connectivity index (χ3n) is 3.15. The third kappa shape index (κ3) is 2.58.